The van der Waals surface area contributed by atoms with Crippen molar-refractivity contribution in [2.75, 3.05) is 0 Å². The lowest BCUT2D eigenvalue weighted by Gasteiger charge is -1.97. The summed E-state index contributed by atoms with van der Waals surface area (Å²) in [7, 11) is 0. The molecule has 0 spiro atoms. The van der Waals surface area contributed by atoms with E-state index in [0.717, 1.165) is 22.3 Å². The molecule has 0 amide bonds. The van der Waals surface area contributed by atoms with Crippen molar-refractivity contribution in [2.45, 2.75) is 6.92 Å². The van der Waals surface area contributed by atoms with Crippen LogP contribution in [0.4, 0.5) is 5.95 Å². The third kappa shape index (κ3) is 2.02. The van der Waals surface area contributed by atoms with Crippen molar-refractivity contribution in [1.29, 1.82) is 0 Å². The third-order valence-electron chi connectivity index (χ3n) is 2.84. The van der Waals surface area contributed by atoms with E-state index in [4.69, 9.17) is 0 Å². The van der Waals surface area contributed by atoms with E-state index in [9.17, 15) is 0 Å². The van der Waals surface area contributed by atoms with Crippen molar-refractivity contribution < 1.29 is 0 Å². The van der Waals surface area contributed by atoms with Gasteiger partial charge in [0.05, 0.1) is 11.0 Å². The quantitative estimate of drug-likeness (QED) is 0.676. The van der Waals surface area contributed by atoms with Crippen LogP contribution >= 0.6 is 0 Å². The second-order valence-corrected chi connectivity index (χ2v) is 4.14. The highest BCUT2D eigenvalue weighted by Crippen LogP contribution is 2.16. The Morgan fingerprint density at radius 1 is 1.00 bits per heavy atom. The molecule has 1 N–H and O–H groups in total. The van der Waals surface area contributed by atoms with E-state index < -0.39 is 0 Å². The lowest BCUT2D eigenvalue weighted by atomic mass is 10.1. The summed E-state index contributed by atoms with van der Waals surface area (Å²) >= 11 is 0. The highest BCUT2D eigenvalue weighted by atomic mass is 15.1. The number of nitrogens with zero attached hydrogens (tertiary/aromatic N) is 2. The van der Waals surface area contributed by atoms with Crippen molar-refractivity contribution in [3.8, 4) is 0 Å². The van der Waals surface area contributed by atoms with Gasteiger partial charge in [0.1, 0.15) is 0 Å². The summed E-state index contributed by atoms with van der Waals surface area (Å²) in [6.45, 7) is 1.99. The van der Waals surface area contributed by atoms with Gasteiger partial charge in [0.25, 0.3) is 0 Å². The van der Waals surface area contributed by atoms with E-state index >= 15 is 0 Å². The maximum absolute atomic E-state index is 4.52. The number of imidazole rings is 1. The molecule has 3 nitrogen and oxygen atoms in total. The van der Waals surface area contributed by atoms with Gasteiger partial charge in [-0.1, -0.05) is 42.5 Å². The molecule has 88 valence electrons. The molecule has 0 aliphatic carbocycles. The number of aromatic nitrogens is 2. The fraction of sp³-hybridized carbons (Fsp3) is 0.0667. The number of benzene rings is 2. The van der Waals surface area contributed by atoms with Crippen LogP contribution in [-0.4, -0.2) is 15.7 Å². The molecular weight excluding hydrogens is 222 g/mol. The molecule has 0 saturated heterocycles. The van der Waals surface area contributed by atoms with E-state index in [1.165, 1.54) is 0 Å². The Bertz CT molecular complexity index is 663. The van der Waals surface area contributed by atoms with Gasteiger partial charge in [-0.05, 0) is 24.6 Å². The van der Waals surface area contributed by atoms with Gasteiger partial charge in [0.15, 0.2) is 0 Å². The van der Waals surface area contributed by atoms with Gasteiger partial charge in [0, 0.05) is 5.71 Å². The zero-order valence-corrected chi connectivity index (χ0v) is 10.1. The summed E-state index contributed by atoms with van der Waals surface area (Å²) in [5.41, 5.74) is 4.02. The fourth-order valence-electron chi connectivity index (χ4n) is 1.90. The predicted molar refractivity (Wildman–Crippen MR) is 74.4 cm³/mol. The standard InChI is InChI=1S/C15H13N3/c1-11(12-7-3-2-4-8-12)16-15-17-13-9-5-6-10-14(13)18-15/h2-10H,1H3,(H,17,18)/b16-11+. The van der Waals surface area contributed by atoms with Crippen LogP contribution in [0.2, 0.25) is 0 Å². The van der Waals surface area contributed by atoms with Crippen molar-refractivity contribution in [3.05, 3.63) is 60.2 Å². The minimum atomic E-state index is 0.651. The third-order valence-corrected chi connectivity index (χ3v) is 2.84. The van der Waals surface area contributed by atoms with Crippen LogP contribution in [0.1, 0.15) is 12.5 Å². The van der Waals surface area contributed by atoms with Gasteiger partial charge in [-0.15, -0.1) is 0 Å². The van der Waals surface area contributed by atoms with Crippen LogP contribution in [0.25, 0.3) is 11.0 Å². The molecule has 3 aromatic rings. The number of hydrogen-bond donors (Lipinski definition) is 1. The molecule has 0 bridgehead atoms. The maximum atomic E-state index is 4.52. The molecule has 0 unspecified atom stereocenters. The average Bonchev–Trinajstić information content (AvgIpc) is 2.82. The van der Waals surface area contributed by atoms with E-state index in [1.807, 2.05) is 61.5 Å². The number of H-pyrrole nitrogens is 1. The molecule has 3 heteroatoms. The van der Waals surface area contributed by atoms with Gasteiger partial charge < -0.3 is 4.98 Å². The topological polar surface area (TPSA) is 41.0 Å². The Labute approximate surface area is 105 Å². The SMILES string of the molecule is C/C(=N\c1nc2ccccc2[nH]1)c1ccccc1. The highest BCUT2D eigenvalue weighted by molar-refractivity contribution is 6.00. The molecule has 0 aliphatic heterocycles. The number of aliphatic imine (C=N–C) groups is 1. The summed E-state index contributed by atoms with van der Waals surface area (Å²) in [6, 6.07) is 18.0. The molecule has 1 heterocycles. The minimum Gasteiger partial charge on any atom is -0.322 e. The highest BCUT2D eigenvalue weighted by Gasteiger charge is 2.01. The first kappa shape index (κ1) is 10.7. The second-order valence-electron chi connectivity index (χ2n) is 4.14. The van der Waals surface area contributed by atoms with Crippen LogP contribution in [0.3, 0.4) is 0 Å². The average molecular weight is 235 g/mol. The van der Waals surface area contributed by atoms with Gasteiger partial charge in [-0.2, -0.15) is 0 Å². The van der Waals surface area contributed by atoms with Crippen molar-refractivity contribution in [2.24, 2.45) is 4.99 Å². The van der Waals surface area contributed by atoms with E-state index in [2.05, 4.69) is 15.0 Å². The first-order valence-corrected chi connectivity index (χ1v) is 5.88. The molecule has 0 fully saturated rings. The maximum Gasteiger partial charge on any atom is 0.228 e. The monoisotopic (exact) mass is 235 g/mol. The van der Waals surface area contributed by atoms with Crippen molar-refractivity contribution in [1.82, 2.24) is 9.97 Å². The molecule has 3 rings (SSSR count). The lowest BCUT2D eigenvalue weighted by Crippen LogP contribution is -1.92. The molecule has 0 aliphatic rings. The van der Waals surface area contributed by atoms with Gasteiger partial charge in [-0.25, -0.2) is 9.98 Å². The summed E-state index contributed by atoms with van der Waals surface area (Å²) in [5, 5.41) is 0. The summed E-state index contributed by atoms with van der Waals surface area (Å²) in [5.74, 6) is 0.651. The first-order valence-electron chi connectivity index (χ1n) is 5.88. The predicted octanol–water partition coefficient (Wildman–Crippen LogP) is 3.70. The largest absolute Gasteiger partial charge is 0.322 e. The smallest absolute Gasteiger partial charge is 0.228 e. The number of fused-ring (bicyclic) bond motifs is 1. The molecule has 1 aromatic heterocycles. The zero-order chi connectivity index (χ0) is 12.4. The summed E-state index contributed by atoms with van der Waals surface area (Å²) in [6.07, 6.45) is 0. The van der Waals surface area contributed by atoms with E-state index in [0.29, 0.717) is 5.95 Å². The number of para-hydroxylation sites is 2. The fourth-order valence-corrected chi connectivity index (χ4v) is 1.90. The molecule has 0 atom stereocenters. The summed E-state index contributed by atoms with van der Waals surface area (Å²) < 4.78 is 0. The van der Waals surface area contributed by atoms with Crippen LogP contribution in [-0.2, 0) is 0 Å². The first-order chi connectivity index (χ1) is 8.83. The Kier molecular flexibility index (Phi) is 2.65. The molecule has 18 heavy (non-hydrogen) atoms. The number of nitrogens with one attached hydrogen (secondary N) is 1. The Morgan fingerprint density at radius 3 is 2.50 bits per heavy atom. The Morgan fingerprint density at radius 2 is 1.72 bits per heavy atom. The molecule has 0 saturated carbocycles. The van der Waals surface area contributed by atoms with Gasteiger partial charge in [0.2, 0.25) is 5.95 Å². The van der Waals surface area contributed by atoms with Crippen molar-refractivity contribution >= 4 is 22.7 Å². The van der Waals surface area contributed by atoms with E-state index in [1.54, 1.807) is 0 Å². The zero-order valence-electron chi connectivity index (χ0n) is 10.1. The Balaban J connectivity index is 2.00. The molecule has 2 aromatic carbocycles. The van der Waals surface area contributed by atoms with Gasteiger partial charge in [-0.3, -0.25) is 0 Å². The van der Waals surface area contributed by atoms with Crippen LogP contribution in [0, 0.1) is 0 Å². The van der Waals surface area contributed by atoms with E-state index in [-0.39, 0.29) is 0 Å². The number of aromatic amines is 1. The van der Waals surface area contributed by atoms with Crippen molar-refractivity contribution in [3.63, 3.8) is 0 Å². The number of rotatable bonds is 2. The lowest BCUT2D eigenvalue weighted by molar-refractivity contribution is 1.26. The van der Waals surface area contributed by atoms with Crippen LogP contribution in [0.5, 0.6) is 0 Å². The van der Waals surface area contributed by atoms with Crippen LogP contribution < -0.4 is 0 Å². The number of hydrogen-bond acceptors (Lipinski definition) is 2. The van der Waals surface area contributed by atoms with Gasteiger partial charge >= 0.3 is 0 Å². The molecule has 0 radical (unpaired) electrons. The molecular formula is C15H13N3. The normalized spacial score (nSPS) is 11.9. The van der Waals surface area contributed by atoms with Crippen LogP contribution in [0.15, 0.2) is 59.6 Å². The Hall–Kier alpha value is -2.42. The second kappa shape index (κ2) is 4.45. The minimum absolute atomic E-state index is 0.651. The summed E-state index contributed by atoms with van der Waals surface area (Å²) in [4.78, 5) is 12.1.